The van der Waals surface area contributed by atoms with E-state index in [4.69, 9.17) is 0 Å². The molecule has 0 saturated carbocycles. The van der Waals surface area contributed by atoms with Gasteiger partial charge >= 0.3 is 0 Å². The van der Waals surface area contributed by atoms with E-state index in [1.54, 1.807) is 0 Å². The van der Waals surface area contributed by atoms with Crippen molar-refractivity contribution in [3.05, 3.63) is 0 Å². The molecule has 0 aliphatic carbocycles. The molecule has 1 aliphatic rings. The normalized spacial score (nSPS) is 21.1. The van der Waals surface area contributed by atoms with E-state index in [0.717, 1.165) is 32.5 Å². The van der Waals surface area contributed by atoms with Gasteiger partial charge in [-0.2, -0.15) is 5.26 Å². The summed E-state index contributed by atoms with van der Waals surface area (Å²) < 4.78 is 0. The Hall–Kier alpha value is -0.590. The molecule has 0 spiro atoms. The predicted octanol–water partition coefficient (Wildman–Crippen LogP) is 1.75. The second-order valence-corrected chi connectivity index (χ2v) is 4.63. The van der Waals surface area contributed by atoms with E-state index in [9.17, 15) is 5.26 Å². The average Bonchev–Trinajstić information content (AvgIpc) is 2.28. The summed E-state index contributed by atoms with van der Waals surface area (Å²) in [4.78, 5) is 2.29. The maximum Gasteiger partial charge on any atom is 0.109 e. The molecule has 0 amide bonds. The molecule has 15 heavy (non-hydrogen) atoms. The number of rotatable bonds is 5. The highest BCUT2D eigenvalue weighted by Gasteiger charge is 2.32. The minimum absolute atomic E-state index is 0.236. The first-order chi connectivity index (χ1) is 7.22. The molecular formula is C12H23N3. The highest BCUT2D eigenvalue weighted by Crippen LogP contribution is 2.20. The molecule has 0 aromatic carbocycles. The van der Waals surface area contributed by atoms with Crippen molar-refractivity contribution >= 4 is 0 Å². The Balaban J connectivity index is 2.31. The van der Waals surface area contributed by atoms with E-state index in [1.165, 1.54) is 19.3 Å². The third-order valence-electron chi connectivity index (χ3n) is 3.30. The molecule has 1 fully saturated rings. The lowest BCUT2D eigenvalue weighted by Crippen LogP contribution is -2.51. The van der Waals surface area contributed by atoms with Crippen LogP contribution in [0.25, 0.3) is 0 Å². The molecule has 1 rings (SSSR count). The van der Waals surface area contributed by atoms with E-state index >= 15 is 0 Å². The first-order valence-corrected chi connectivity index (χ1v) is 6.07. The summed E-state index contributed by atoms with van der Waals surface area (Å²) in [5.74, 6) is 0. The molecule has 0 aromatic rings. The number of piperidine rings is 1. The predicted molar refractivity (Wildman–Crippen MR) is 62.6 cm³/mol. The average molecular weight is 209 g/mol. The Bertz CT molecular complexity index is 211. The Morgan fingerprint density at radius 1 is 1.33 bits per heavy atom. The van der Waals surface area contributed by atoms with Crippen molar-refractivity contribution in [2.45, 2.75) is 44.6 Å². The molecule has 1 saturated heterocycles. The number of likely N-dealkylation sites (tertiary alicyclic amines) is 1. The van der Waals surface area contributed by atoms with Crippen LogP contribution >= 0.6 is 0 Å². The van der Waals surface area contributed by atoms with Crippen LogP contribution in [0.15, 0.2) is 0 Å². The van der Waals surface area contributed by atoms with Crippen molar-refractivity contribution in [1.29, 1.82) is 5.26 Å². The molecule has 0 aromatic heterocycles. The van der Waals surface area contributed by atoms with Crippen LogP contribution < -0.4 is 5.32 Å². The minimum Gasteiger partial charge on any atom is -0.306 e. The Labute approximate surface area is 93.5 Å². The SMILES string of the molecule is CCCCCNC1(C#N)CCN(C)CC1. The number of nitriles is 1. The van der Waals surface area contributed by atoms with Crippen LogP contribution in [-0.4, -0.2) is 37.1 Å². The fraction of sp³-hybridized carbons (Fsp3) is 0.917. The van der Waals surface area contributed by atoms with Crippen molar-refractivity contribution in [3.63, 3.8) is 0 Å². The van der Waals surface area contributed by atoms with Crippen molar-refractivity contribution in [2.24, 2.45) is 0 Å². The number of unbranched alkanes of at least 4 members (excludes halogenated alkanes) is 2. The zero-order valence-corrected chi connectivity index (χ0v) is 10.1. The molecule has 0 unspecified atom stereocenters. The maximum atomic E-state index is 9.25. The summed E-state index contributed by atoms with van der Waals surface area (Å²) in [6.45, 7) is 5.27. The highest BCUT2D eigenvalue weighted by molar-refractivity contribution is 5.09. The number of nitrogens with one attached hydrogen (secondary N) is 1. The smallest absolute Gasteiger partial charge is 0.109 e. The number of nitrogens with zero attached hydrogens (tertiary/aromatic N) is 2. The summed E-state index contributed by atoms with van der Waals surface area (Å²) in [7, 11) is 2.12. The molecule has 1 heterocycles. The van der Waals surface area contributed by atoms with Crippen molar-refractivity contribution < 1.29 is 0 Å². The topological polar surface area (TPSA) is 39.1 Å². The van der Waals surface area contributed by atoms with Gasteiger partial charge in [0.2, 0.25) is 0 Å². The first kappa shape index (κ1) is 12.5. The van der Waals surface area contributed by atoms with Gasteiger partial charge in [0.05, 0.1) is 6.07 Å². The highest BCUT2D eigenvalue weighted by atomic mass is 15.1. The lowest BCUT2D eigenvalue weighted by Gasteiger charge is -2.36. The van der Waals surface area contributed by atoms with Gasteiger partial charge in [-0.1, -0.05) is 19.8 Å². The molecule has 3 nitrogen and oxygen atoms in total. The Morgan fingerprint density at radius 2 is 2.00 bits per heavy atom. The first-order valence-electron chi connectivity index (χ1n) is 6.07. The van der Waals surface area contributed by atoms with Gasteiger partial charge in [-0.25, -0.2) is 0 Å². The van der Waals surface area contributed by atoms with Gasteiger partial charge in [-0.3, -0.25) is 5.32 Å². The van der Waals surface area contributed by atoms with Crippen molar-refractivity contribution in [1.82, 2.24) is 10.2 Å². The largest absolute Gasteiger partial charge is 0.306 e. The summed E-state index contributed by atoms with van der Waals surface area (Å²) in [6, 6.07) is 2.48. The third-order valence-corrected chi connectivity index (χ3v) is 3.30. The van der Waals surface area contributed by atoms with E-state index in [1.807, 2.05) is 0 Å². The number of hydrogen-bond acceptors (Lipinski definition) is 3. The summed E-state index contributed by atoms with van der Waals surface area (Å²) in [5.41, 5.74) is -0.236. The molecule has 1 N–H and O–H groups in total. The van der Waals surface area contributed by atoms with Crippen molar-refractivity contribution in [3.8, 4) is 6.07 Å². The van der Waals surface area contributed by atoms with Crippen molar-refractivity contribution in [2.75, 3.05) is 26.7 Å². The van der Waals surface area contributed by atoms with Crippen LogP contribution in [0.3, 0.4) is 0 Å². The molecular weight excluding hydrogens is 186 g/mol. The van der Waals surface area contributed by atoms with E-state index in [-0.39, 0.29) is 5.54 Å². The molecule has 0 bridgehead atoms. The second-order valence-electron chi connectivity index (χ2n) is 4.63. The van der Waals surface area contributed by atoms with Gasteiger partial charge in [-0.15, -0.1) is 0 Å². The quantitative estimate of drug-likeness (QED) is 0.701. The molecule has 1 aliphatic heterocycles. The van der Waals surface area contributed by atoms with Gasteiger partial charge in [-0.05, 0) is 32.9 Å². The third kappa shape index (κ3) is 3.81. The minimum atomic E-state index is -0.236. The molecule has 86 valence electrons. The fourth-order valence-electron chi connectivity index (χ4n) is 2.03. The summed E-state index contributed by atoms with van der Waals surface area (Å²) in [6.07, 6.45) is 5.62. The standard InChI is InChI=1S/C12H23N3/c1-3-4-5-8-14-12(11-13)6-9-15(2)10-7-12/h14H,3-10H2,1-2H3. The molecule has 0 atom stereocenters. The van der Waals surface area contributed by atoms with Crippen LogP contribution in [0.1, 0.15) is 39.0 Å². The van der Waals surface area contributed by atoms with Crippen LogP contribution in [-0.2, 0) is 0 Å². The summed E-state index contributed by atoms with van der Waals surface area (Å²) >= 11 is 0. The van der Waals surface area contributed by atoms with Gasteiger partial charge in [0.1, 0.15) is 5.54 Å². The van der Waals surface area contributed by atoms with E-state index < -0.39 is 0 Å². The van der Waals surface area contributed by atoms with E-state index in [2.05, 4.69) is 30.3 Å². The zero-order valence-electron chi connectivity index (χ0n) is 10.1. The maximum absolute atomic E-state index is 9.25. The summed E-state index contributed by atoms with van der Waals surface area (Å²) in [5, 5.41) is 12.7. The molecule has 0 radical (unpaired) electrons. The van der Waals surface area contributed by atoms with Gasteiger partial charge in [0, 0.05) is 13.1 Å². The van der Waals surface area contributed by atoms with Crippen LogP contribution in [0.4, 0.5) is 0 Å². The van der Waals surface area contributed by atoms with Crippen LogP contribution in [0, 0.1) is 11.3 Å². The van der Waals surface area contributed by atoms with Crippen LogP contribution in [0.5, 0.6) is 0 Å². The second kappa shape index (κ2) is 6.09. The molecule has 3 heteroatoms. The monoisotopic (exact) mass is 209 g/mol. The van der Waals surface area contributed by atoms with E-state index in [0.29, 0.717) is 0 Å². The lowest BCUT2D eigenvalue weighted by atomic mass is 9.89. The van der Waals surface area contributed by atoms with Gasteiger partial charge in [0.15, 0.2) is 0 Å². The Morgan fingerprint density at radius 3 is 2.53 bits per heavy atom. The Kier molecular flexibility index (Phi) is 5.07. The van der Waals surface area contributed by atoms with Gasteiger partial charge in [0.25, 0.3) is 0 Å². The fourth-order valence-corrected chi connectivity index (χ4v) is 2.03. The van der Waals surface area contributed by atoms with Crippen LogP contribution in [0.2, 0.25) is 0 Å². The lowest BCUT2D eigenvalue weighted by molar-refractivity contribution is 0.195. The van der Waals surface area contributed by atoms with Gasteiger partial charge < -0.3 is 4.90 Å². The zero-order chi connectivity index (χ0) is 11.1. The number of hydrogen-bond donors (Lipinski definition) is 1.